The van der Waals surface area contributed by atoms with Crippen molar-refractivity contribution in [3.05, 3.63) is 36.0 Å². The third-order valence-corrected chi connectivity index (χ3v) is 4.27. The number of H-pyrrole nitrogens is 1. The molecule has 106 valence electrons. The molecule has 1 aliphatic rings. The maximum Gasteiger partial charge on any atom is 0.227 e. The van der Waals surface area contributed by atoms with E-state index in [4.69, 9.17) is 0 Å². The summed E-state index contributed by atoms with van der Waals surface area (Å²) in [5, 5.41) is 4.49. The number of likely N-dealkylation sites (N-methyl/N-ethyl adjacent to an activating group) is 1. The standard InChI is InChI=1S/C16H21N3O/c1-19(13-6-8-17-9-7-13)16(20)10-12-11-18-15-5-3-2-4-14(12)15/h2-5,11,13,17-18H,6-10H2,1H3. The van der Waals surface area contributed by atoms with Gasteiger partial charge in [0, 0.05) is 30.2 Å². The van der Waals surface area contributed by atoms with Gasteiger partial charge in [0.25, 0.3) is 0 Å². The van der Waals surface area contributed by atoms with Crippen molar-refractivity contribution >= 4 is 16.8 Å². The minimum absolute atomic E-state index is 0.210. The van der Waals surface area contributed by atoms with E-state index in [2.05, 4.69) is 16.4 Å². The molecule has 1 saturated heterocycles. The fraction of sp³-hybridized carbons (Fsp3) is 0.438. The summed E-state index contributed by atoms with van der Waals surface area (Å²) in [7, 11) is 1.94. The van der Waals surface area contributed by atoms with Crippen LogP contribution < -0.4 is 5.32 Å². The molecular weight excluding hydrogens is 250 g/mol. The van der Waals surface area contributed by atoms with Crippen LogP contribution in [0.1, 0.15) is 18.4 Å². The van der Waals surface area contributed by atoms with E-state index >= 15 is 0 Å². The lowest BCUT2D eigenvalue weighted by Crippen LogP contribution is -2.44. The summed E-state index contributed by atoms with van der Waals surface area (Å²) < 4.78 is 0. The smallest absolute Gasteiger partial charge is 0.227 e. The number of para-hydroxylation sites is 1. The van der Waals surface area contributed by atoms with Crippen molar-refractivity contribution in [3.63, 3.8) is 0 Å². The number of aromatic amines is 1. The van der Waals surface area contributed by atoms with Crippen LogP contribution in [0.15, 0.2) is 30.5 Å². The van der Waals surface area contributed by atoms with Gasteiger partial charge in [-0.05, 0) is 37.6 Å². The van der Waals surface area contributed by atoms with Crippen molar-refractivity contribution in [1.82, 2.24) is 15.2 Å². The second kappa shape index (κ2) is 5.67. The zero-order chi connectivity index (χ0) is 13.9. The third-order valence-electron chi connectivity index (χ3n) is 4.27. The molecule has 0 radical (unpaired) electrons. The van der Waals surface area contributed by atoms with Crippen molar-refractivity contribution in [3.8, 4) is 0 Å². The van der Waals surface area contributed by atoms with E-state index < -0.39 is 0 Å². The fourth-order valence-electron chi connectivity index (χ4n) is 2.96. The lowest BCUT2D eigenvalue weighted by molar-refractivity contribution is -0.131. The Morgan fingerprint density at radius 1 is 1.30 bits per heavy atom. The molecule has 3 rings (SSSR count). The first kappa shape index (κ1) is 13.2. The zero-order valence-electron chi connectivity index (χ0n) is 11.9. The summed E-state index contributed by atoms with van der Waals surface area (Å²) in [6, 6.07) is 8.51. The van der Waals surface area contributed by atoms with Gasteiger partial charge in [-0.25, -0.2) is 0 Å². The van der Waals surface area contributed by atoms with Crippen LogP contribution in [0.2, 0.25) is 0 Å². The number of carbonyl (C=O) groups excluding carboxylic acids is 1. The molecule has 2 N–H and O–H groups in total. The van der Waals surface area contributed by atoms with Gasteiger partial charge in [-0.2, -0.15) is 0 Å². The minimum Gasteiger partial charge on any atom is -0.361 e. The van der Waals surface area contributed by atoms with E-state index in [0.29, 0.717) is 12.5 Å². The number of carbonyl (C=O) groups is 1. The number of fused-ring (bicyclic) bond motifs is 1. The van der Waals surface area contributed by atoms with Gasteiger partial charge in [0.05, 0.1) is 6.42 Å². The monoisotopic (exact) mass is 271 g/mol. The van der Waals surface area contributed by atoms with E-state index in [1.54, 1.807) is 0 Å². The summed E-state index contributed by atoms with van der Waals surface area (Å²) >= 11 is 0. The summed E-state index contributed by atoms with van der Waals surface area (Å²) in [5.74, 6) is 0.210. The number of aromatic nitrogens is 1. The molecule has 2 aromatic rings. The zero-order valence-corrected chi connectivity index (χ0v) is 11.9. The van der Waals surface area contributed by atoms with E-state index in [-0.39, 0.29) is 5.91 Å². The van der Waals surface area contributed by atoms with Crippen molar-refractivity contribution in [1.29, 1.82) is 0 Å². The molecule has 1 amide bonds. The predicted octanol–water partition coefficient (Wildman–Crippen LogP) is 1.92. The molecular formula is C16H21N3O. The topological polar surface area (TPSA) is 48.1 Å². The Hall–Kier alpha value is -1.81. The molecule has 0 spiro atoms. The molecule has 4 nitrogen and oxygen atoms in total. The van der Waals surface area contributed by atoms with Gasteiger partial charge in [-0.1, -0.05) is 18.2 Å². The lowest BCUT2D eigenvalue weighted by Gasteiger charge is -2.31. The van der Waals surface area contributed by atoms with Crippen LogP contribution in [-0.4, -0.2) is 42.0 Å². The number of benzene rings is 1. The second-order valence-electron chi connectivity index (χ2n) is 5.52. The molecule has 20 heavy (non-hydrogen) atoms. The molecule has 1 aromatic carbocycles. The lowest BCUT2D eigenvalue weighted by atomic mass is 10.0. The number of nitrogens with one attached hydrogen (secondary N) is 2. The van der Waals surface area contributed by atoms with Gasteiger partial charge in [-0.15, -0.1) is 0 Å². The molecule has 0 aliphatic carbocycles. The number of nitrogens with zero attached hydrogens (tertiary/aromatic N) is 1. The Bertz CT molecular complexity index is 599. The van der Waals surface area contributed by atoms with Crippen LogP contribution in [0.4, 0.5) is 0 Å². The van der Waals surface area contributed by atoms with Crippen molar-refractivity contribution in [2.24, 2.45) is 0 Å². The summed E-state index contributed by atoms with van der Waals surface area (Å²) in [6.07, 6.45) is 4.54. The normalized spacial score (nSPS) is 16.4. The molecule has 0 atom stereocenters. The van der Waals surface area contributed by atoms with Crippen LogP contribution in [0, 0.1) is 0 Å². The largest absolute Gasteiger partial charge is 0.361 e. The first-order chi connectivity index (χ1) is 9.75. The average molecular weight is 271 g/mol. The average Bonchev–Trinajstić information content (AvgIpc) is 2.91. The fourth-order valence-corrected chi connectivity index (χ4v) is 2.96. The molecule has 2 heterocycles. The number of piperidine rings is 1. The summed E-state index contributed by atoms with van der Waals surface area (Å²) in [4.78, 5) is 17.6. The number of hydrogen-bond acceptors (Lipinski definition) is 2. The number of hydrogen-bond donors (Lipinski definition) is 2. The molecule has 0 saturated carbocycles. The van der Waals surface area contributed by atoms with Gasteiger partial charge >= 0.3 is 0 Å². The van der Waals surface area contributed by atoms with Crippen LogP contribution in [0.5, 0.6) is 0 Å². The Balaban J connectivity index is 1.71. The highest BCUT2D eigenvalue weighted by Crippen LogP contribution is 2.19. The second-order valence-corrected chi connectivity index (χ2v) is 5.52. The van der Waals surface area contributed by atoms with Crippen molar-refractivity contribution in [2.45, 2.75) is 25.3 Å². The Morgan fingerprint density at radius 3 is 2.85 bits per heavy atom. The number of rotatable bonds is 3. The summed E-state index contributed by atoms with van der Waals surface area (Å²) in [5.41, 5.74) is 2.19. The van der Waals surface area contributed by atoms with E-state index in [0.717, 1.165) is 42.4 Å². The van der Waals surface area contributed by atoms with E-state index in [1.807, 2.05) is 36.3 Å². The maximum atomic E-state index is 12.4. The van der Waals surface area contributed by atoms with Crippen LogP contribution >= 0.6 is 0 Å². The molecule has 4 heteroatoms. The van der Waals surface area contributed by atoms with Gasteiger partial charge in [0.15, 0.2) is 0 Å². The van der Waals surface area contributed by atoms with E-state index in [9.17, 15) is 4.79 Å². The van der Waals surface area contributed by atoms with Gasteiger partial charge < -0.3 is 15.2 Å². The molecule has 0 bridgehead atoms. The predicted molar refractivity (Wildman–Crippen MR) is 80.7 cm³/mol. The SMILES string of the molecule is CN(C(=O)Cc1c[nH]c2ccccc12)C1CCNCC1. The quantitative estimate of drug-likeness (QED) is 0.896. The van der Waals surface area contributed by atoms with Crippen LogP contribution in [0.3, 0.4) is 0 Å². The Morgan fingerprint density at radius 2 is 2.05 bits per heavy atom. The summed E-state index contributed by atoms with van der Waals surface area (Å²) in [6.45, 7) is 2.02. The highest BCUT2D eigenvalue weighted by Gasteiger charge is 2.22. The molecule has 1 aromatic heterocycles. The highest BCUT2D eigenvalue weighted by molar-refractivity contribution is 5.88. The molecule has 1 aliphatic heterocycles. The molecule has 1 fully saturated rings. The number of amides is 1. The maximum absolute atomic E-state index is 12.4. The van der Waals surface area contributed by atoms with Crippen LogP contribution in [-0.2, 0) is 11.2 Å². The first-order valence-electron chi connectivity index (χ1n) is 7.27. The van der Waals surface area contributed by atoms with Crippen molar-refractivity contribution < 1.29 is 4.79 Å². The van der Waals surface area contributed by atoms with Crippen molar-refractivity contribution in [2.75, 3.05) is 20.1 Å². The van der Waals surface area contributed by atoms with Gasteiger partial charge in [-0.3, -0.25) is 4.79 Å². The van der Waals surface area contributed by atoms with E-state index in [1.165, 1.54) is 0 Å². The highest BCUT2D eigenvalue weighted by atomic mass is 16.2. The Kier molecular flexibility index (Phi) is 3.74. The van der Waals surface area contributed by atoms with Crippen LogP contribution in [0.25, 0.3) is 10.9 Å². The molecule has 0 unspecified atom stereocenters. The first-order valence-corrected chi connectivity index (χ1v) is 7.27. The Labute approximate surface area is 119 Å². The van der Waals surface area contributed by atoms with Gasteiger partial charge in [0.1, 0.15) is 0 Å². The van der Waals surface area contributed by atoms with Gasteiger partial charge in [0.2, 0.25) is 5.91 Å². The minimum atomic E-state index is 0.210. The third kappa shape index (κ3) is 2.56.